The lowest BCUT2D eigenvalue weighted by Gasteiger charge is -2.23. The fraction of sp³-hybridized carbons (Fsp3) is 0.385. The van der Waals surface area contributed by atoms with Crippen molar-refractivity contribution in [1.82, 2.24) is 4.90 Å². The molecule has 1 atom stereocenters. The van der Waals surface area contributed by atoms with Crippen LogP contribution in [-0.4, -0.2) is 29.3 Å². The van der Waals surface area contributed by atoms with E-state index in [1.165, 1.54) is 12.1 Å². The first-order valence-corrected chi connectivity index (χ1v) is 6.09. The Hall–Kier alpha value is -2.05. The van der Waals surface area contributed by atoms with Crippen LogP contribution in [0.15, 0.2) is 24.3 Å². The topological polar surface area (TPSA) is 63.4 Å². The highest BCUT2D eigenvalue weighted by atomic mass is 19.4. The van der Waals surface area contributed by atoms with Crippen molar-refractivity contribution in [2.75, 3.05) is 6.54 Å². The van der Waals surface area contributed by atoms with Crippen molar-refractivity contribution in [3.63, 3.8) is 0 Å². The first-order chi connectivity index (χ1) is 9.32. The van der Waals surface area contributed by atoms with E-state index in [1.807, 2.05) is 0 Å². The number of rotatable bonds is 2. The maximum absolute atomic E-state index is 12.9. The number of nitrogens with zero attached hydrogens (tertiary/aromatic N) is 1. The number of hydrogen-bond acceptors (Lipinski definition) is 2. The van der Waals surface area contributed by atoms with Gasteiger partial charge in [0.2, 0.25) is 5.91 Å². The molecule has 0 aromatic heterocycles. The number of carbonyl (C=O) groups excluding carboxylic acids is 2. The van der Waals surface area contributed by atoms with Gasteiger partial charge in [0, 0.05) is 6.54 Å². The molecule has 1 fully saturated rings. The van der Waals surface area contributed by atoms with Gasteiger partial charge in [-0.05, 0) is 25.0 Å². The SMILES string of the molecule is NC(=O)C1CCCN1C(=O)c1ccccc1C(F)(F)F. The summed E-state index contributed by atoms with van der Waals surface area (Å²) in [7, 11) is 0. The predicted molar refractivity (Wildman–Crippen MR) is 64.7 cm³/mol. The summed E-state index contributed by atoms with van der Waals surface area (Å²) in [6.45, 7) is 0.235. The Balaban J connectivity index is 2.37. The molecule has 0 bridgehead atoms. The van der Waals surface area contributed by atoms with Gasteiger partial charge in [-0.3, -0.25) is 9.59 Å². The quantitative estimate of drug-likeness (QED) is 0.901. The van der Waals surface area contributed by atoms with E-state index in [9.17, 15) is 22.8 Å². The summed E-state index contributed by atoms with van der Waals surface area (Å²) < 4.78 is 38.7. The number of alkyl halides is 3. The predicted octanol–water partition coefficient (Wildman–Crippen LogP) is 1.80. The van der Waals surface area contributed by atoms with Gasteiger partial charge >= 0.3 is 6.18 Å². The van der Waals surface area contributed by atoms with E-state index in [-0.39, 0.29) is 6.54 Å². The zero-order valence-electron chi connectivity index (χ0n) is 10.5. The number of carbonyl (C=O) groups is 2. The number of benzene rings is 1. The number of nitrogens with two attached hydrogens (primary N) is 1. The molecule has 0 aliphatic carbocycles. The molecule has 1 aromatic rings. The van der Waals surface area contributed by atoms with Crippen LogP contribution in [0.3, 0.4) is 0 Å². The molecule has 2 N–H and O–H groups in total. The second-order valence-electron chi connectivity index (χ2n) is 4.60. The molecular formula is C13H13F3N2O2. The number of amides is 2. The third-order valence-corrected chi connectivity index (χ3v) is 3.30. The summed E-state index contributed by atoms with van der Waals surface area (Å²) >= 11 is 0. The number of halogens is 3. The Morgan fingerprint density at radius 3 is 2.50 bits per heavy atom. The average Bonchev–Trinajstić information content (AvgIpc) is 2.86. The Kier molecular flexibility index (Phi) is 3.69. The van der Waals surface area contributed by atoms with Gasteiger partial charge in [-0.25, -0.2) is 0 Å². The smallest absolute Gasteiger partial charge is 0.368 e. The summed E-state index contributed by atoms with van der Waals surface area (Å²) in [6.07, 6.45) is -3.68. The Morgan fingerprint density at radius 2 is 1.90 bits per heavy atom. The van der Waals surface area contributed by atoms with Crippen molar-refractivity contribution in [2.45, 2.75) is 25.1 Å². The molecule has 0 saturated carbocycles. The summed E-state index contributed by atoms with van der Waals surface area (Å²) in [5.74, 6) is -1.50. The molecule has 4 nitrogen and oxygen atoms in total. The van der Waals surface area contributed by atoms with Crippen LogP contribution in [0, 0.1) is 0 Å². The highest BCUT2D eigenvalue weighted by Gasteiger charge is 2.39. The molecule has 20 heavy (non-hydrogen) atoms. The molecule has 2 rings (SSSR count). The standard InChI is InChI=1S/C13H13F3N2O2/c14-13(15,16)9-5-2-1-4-8(9)12(20)18-7-3-6-10(18)11(17)19/h1-2,4-5,10H,3,6-7H2,(H2,17,19). The van der Waals surface area contributed by atoms with Gasteiger partial charge in [0.15, 0.2) is 0 Å². The average molecular weight is 286 g/mol. The summed E-state index contributed by atoms with van der Waals surface area (Å²) in [6, 6.07) is 3.71. The van der Waals surface area contributed by atoms with Crippen molar-refractivity contribution in [3.05, 3.63) is 35.4 Å². The van der Waals surface area contributed by atoms with Gasteiger partial charge < -0.3 is 10.6 Å². The molecule has 1 saturated heterocycles. The zero-order valence-corrected chi connectivity index (χ0v) is 10.5. The minimum atomic E-state index is -4.62. The van der Waals surface area contributed by atoms with Crippen LogP contribution in [-0.2, 0) is 11.0 Å². The molecule has 2 amide bonds. The maximum Gasteiger partial charge on any atom is 0.417 e. The van der Waals surface area contributed by atoms with Crippen molar-refractivity contribution in [1.29, 1.82) is 0 Å². The van der Waals surface area contributed by atoms with Crippen molar-refractivity contribution in [3.8, 4) is 0 Å². The molecule has 1 aliphatic rings. The first-order valence-electron chi connectivity index (χ1n) is 6.09. The van der Waals surface area contributed by atoms with Gasteiger partial charge in [-0.15, -0.1) is 0 Å². The molecule has 1 aromatic carbocycles. The Morgan fingerprint density at radius 1 is 1.25 bits per heavy atom. The van der Waals surface area contributed by atoms with Gasteiger partial charge in [-0.1, -0.05) is 12.1 Å². The molecule has 1 unspecified atom stereocenters. The molecule has 1 aliphatic heterocycles. The second-order valence-corrected chi connectivity index (χ2v) is 4.60. The summed E-state index contributed by atoms with van der Waals surface area (Å²) in [5.41, 5.74) is 3.72. The molecule has 0 spiro atoms. The fourth-order valence-electron chi connectivity index (χ4n) is 2.38. The summed E-state index contributed by atoms with van der Waals surface area (Å²) in [5, 5.41) is 0. The fourth-order valence-corrected chi connectivity index (χ4v) is 2.38. The Labute approximate surface area is 113 Å². The number of likely N-dealkylation sites (tertiary alicyclic amines) is 1. The molecular weight excluding hydrogens is 273 g/mol. The highest BCUT2D eigenvalue weighted by Crippen LogP contribution is 2.33. The van der Waals surface area contributed by atoms with Crippen LogP contribution in [0.4, 0.5) is 13.2 Å². The third kappa shape index (κ3) is 2.61. The minimum absolute atomic E-state index is 0.235. The van der Waals surface area contributed by atoms with E-state index in [4.69, 9.17) is 5.73 Å². The van der Waals surface area contributed by atoms with Gasteiger partial charge in [-0.2, -0.15) is 13.2 Å². The normalized spacial score (nSPS) is 19.1. The number of primary amides is 1. The van der Waals surface area contributed by atoms with Crippen LogP contribution in [0.5, 0.6) is 0 Å². The van der Waals surface area contributed by atoms with Gasteiger partial charge in [0.25, 0.3) is 5.91 Å². The third-order valence-electron chi connectivity index (χ3n) is 3.30. The van der Waals surface area contributed by atoms with E-state index >= 15 is 0 Å². The van der Waals surface area contributed by atoms with E-state index in [0.717, 1.165) is 17.0 Å². The monoisotopic (exact) mass is 286 g/mol. The highest BCUT2D eigenvalue weighted by molar-refractivity contribution is 5.99. The van der Waals surface area contributed by atoms with Crippen LogP contribution in [0.25, 0.3) is 0 Å². The first kappa shape index (κ1) is 14.4. The van der Waals surface area contributed by atoms with E-state index in [0.29, 0.717) is 12.8 Å². The van der Waals surface area contributed by atoms with Gasteiger partial charge in [0.05, 0.1) is 11.1 Å². The van der Waals surface area contributed by atoms with Crippen LogP contribution in [0.1, 0.15) is 28.8 Å². The second kappa shape index (κ2) is 5.15. The number of hydrogen-bond donors (Lipinski definition) is 1. The summed E-state index contributed by atoms with van der Waals surface area (Å²) in [4.78, 5) is 24.6. The molecule has 7 heteroatoms. The maximum atomic E-state index is 12.9. The lowest BCUT2D eigenvalue weighted by Crippen LogP contribution is -2.44. The lowest BCUT2D eigenvalue weighted by molar-refractivity contribution is -0.138. The molecule has 1 heterocycles. The molecule has 108 valence electrons. The van der Waals surface area contributed by atoms with E-state index in [1.54, 1.807) is 0 Å². The van der Waals surface area contributed by atoms with Crippen molar-refractivity contribution < 1.29 is 22.8 Å². The van der Waals surface area contributed by atoms with Gasteiger partial charge in [0.1, 0.15) is 6.04 Å². The lowest BCUT2D eigenvalue weighted by atomic mass is 10.1. The Bertz CT molecular complexity index is 543. The van der Waals surface area contributed by atoms with Crippen LogP contribution < -0.4 is 5.73 Å². The zero-order chi connectivity index (χ0) is 14.9. The van der Waals surface area contributed by atoms with Crippen LogP contribution in [0.2, 0.25) is 0 Å². The largest absolute Gasteiger partial charge is 0.417 e. The van der Waals surface area contributed by atoms with E-state index < -0.39 is 35.2 Å². The van der Waals surface area contributed by atoms with Crippen LogP contribution >= 0.6 is 0 Å². The van der Waals surface area contributed by atoms with E-state index in [2.05, 4.69) is 0 Å². The van der Waals surface area contributed by atoms with Crippen molar-refractivity contribution in [2.24, 2.45) is 5.73 Å². The minimum Gasteiger partial charge on any atom is -0.368 e. The molecule has 0 radical (unpaired) electrons. The van der Waals surface area contributed by atoms with Crippen molar-refractivity contribution >= 4 is 11.8 Å².